The molecule has 0 spiro atoms. The lowest BCUT2D eigenvalue weighted by atomic mass is 10.1. The molecule has 24 heavy (non-hydrogen) atoms. The molecule has 1 N–H and O–H groups in total. The normalized spacial score (nSPS) is 11.9. The number of benzene rings is 2. The van der Waals surface area contributed by atoms with Crippen LogP contribution in [-0.4, -0.2) is 14.8 Å². The summed E-state index contributed by atoms with van der Waals surface area (Å²) in [5.41, 5.74) is 2.34. The van der Waals surface area contributed by atoms with E-state index in [1.165, 1.54) is 5.56 Å². The van der Waals surface area contributed by atoms with Crippen molar-refractivity contribution < 1.29 is 4.74 Å². The summed E-state index contributed by atoms with van der Waals surface area (Å²) in [7, 11) is 0. The Bertz CT molecular complexity index is 866. The Labute approximate surface area is 146 Å². The van der Waals surface area contributed by atoms with Crippen LogP contribution in [0.1, 0.15) is 18.9 Å². The summed E-state index contributed by atoms with van der Waals surface area (Å²) in [6.45, 7) is 6.31. The molecule has 1 heterocycles. The Balaban J connectivity index is 1.77. The number of rotatable bonds is 6. The van der Waals surface area contributed by atoms with Crippen LogP contribution in [0, 0.1) is 4.77 Å². The van der Waals surface area contributed by atoms with Gasteiger partial charge in [-0.3, -0.25) is 9.67 Å². The molecule has 0 aliphatic heterocycles. The number of hydrogen-bond acceptors (Lipinski definition) is 3. The molecular weight excluding hydrogens is 318 g/mol. The van der Waals surface area contributed by atoms with Crippen LogP contribution in [0.5, 0.6) is 5.75 Å². The lowest BCUT2D eigenvalue weighted by Gasteiger charge is -2.15. The SMILES string of the molecule is C=CCn1c([C@@H](C)Oc2ccc(-c3ccccc3)cc2)n[nH]c1=S. The molecular formula is C19H19N3OS. The lowest BCUT2D eigenvalue weighted by Crippen LogP contribution is -2.11. The number of hydrogen-bond donors (Lipinski definition) is 1. The Morgan fingerprint density at radius 3 is 2.50 bits per heavy atom. The molecule has 0 aliphatic carbocycles. The third-order valence-electron chi connectivity index (χ3n) is 3.74. The summed E-state index contributed by atoms with van der Waals surface area (Å²) in [5.74, 6) is 1.55. The molecule has 3 rings (SSSR count). The summed E-state index contributed by atoms with van der Waals surface area (Å²) < 4.78 is 8.46. The van der Waals surface area contributed by atoms with E-state index < -0.39 is 0 Å². The summed E-state index contributed by atoms with van der Waals surface area (Å²) >= 11 is 5.23. The highest BCUT2D eigenvalue weighted by molar-refractivity contribution is 7.71. The fraction of sp³-hybridized carbons (Fsp3) is 0.158. The van der Waals surface area contributed by atoms with E-state index in [0.717, 1.165) is 17.1 Å². The molecule has 2 aromatic carbocycles. The molecule has 0 amide bonds. The summed E-state index contributed by atoms with van der Waals surface area (Å²) in [6, 6.07) is 18.3. The third-order valence-corrected chi connectivity index (χ3v) is 4.05. The molecule has 0 saturated heterocycles. The maximum atomic E-state index is 6.01. The van der Waals surface area contributed by atoms with Gasteiger partial charge in [-0.2, -0.15) is 5.10 Å². The van der Waals surface area contributed by atoms with E-state index in [1.54, 1.807) is 6.08 Å². The number of aromatic nitrogens is 3. The first-order valence-corrected chi connectivity index (χ1v) is 8.18. The average Bonchev–Trinajstić information content (AvgIpc) is 2.98. The van der Waals surface area contributed by atoms with Crippen LogP contribution >= 0.6 is 12.2 Å². The van der Waals surface area contributed by atoms with Crippen LogP contribution in [0.25, 0.3) is 11.1 Å². The second-order valence-electron chi connectivity index (χ2n) is 5.44. The van der Waals surface area contributed by atoms with Gasteiger partial charge in [-0.05, 0) is 42.4 Å². The van der Waals surface area contributed by atoms with E-state index in [4.69, 9.17) is 17.0 Å². The second kappa shape index (κ2) is 7.27. The Hall–Kier alpha value is -2.66. The van der Waals surface area contributed by atoms with Crippen molar-refractivity contribution in [2.75, 3.05) is 0 Å². The van der Waals surface area contributed by atoms with Gasteiger partial charge in [0.15, 0.2) is 16.7 Å². The predicted octanol–water partition coefficient (Wildman–Crippen LogP) is 4.93. The lowest BCUT2D eigenvalue weighted by molar-refractivity contribution is 0.211. The van der Waals surface area contributed by atoms with Crippen LogP contribution < -0.4 is 4.74 Å². The zero-order chi connectivity index (χ0) is 16.9. The molecule has 0 saturated carbocycles. The van der Waals surface area contributed by atoms with Gasteiger partial charge in [0.05, 0.1) is 0 Å². The number of H-pyrrole nitrogens is 1. The number of nitrogens with zero attached hydrogens (tertiary/aromatic N) is 2. The maximum Gasteiger partial charge on any atom is 0.195 e. The van der Waals surface area contributed by atoms with Gasteiger partial charge < -0.3 is 4.74 Å². The van der Waals surface area contributed by atoms with Crippen molar-refractivity contribution in [3.63, 3.8) is 0 Å². The fourth-order valence-electron chi connectivity index (χ4n) is 2.56. The van der Waals surface area contributed by atoms with E-state index in [9.17, 15) is 0 Å². The first kappa shape index (κ1) is 16.2. The molecule has 1 atom stereocenters. The molecule has 0 aliphatic rings. The maximum absolute atomic E-state index is 6.01. The van der Waals surface area contributed by atoms with Crippen molar-refractivity contribution in [1.82, 2.24) is 14.8 Å². The standard InChI is InChI=1S/C19H19N3OS/c1-3-13-22-18(20-21-19(22)24)14(2)23-17-11-9-16(10-12-17)15-7-5-4-6-8-15/h3-12,14H,1,13H2,2H3,(H,21,24)/t14-/m1/s1. The second-order valence-corrected chi connectivity index (χ2v) is 5.82. The largest absolute Gasteiger partial charge is 0.483 e. The van der Waals surface area contributed by atoms with Crippen LogP contribution in [-0.2, 0) is 6.54 Å². The first-order chi connectivity index (χ1) is 11.7. The zero-order valence-corrected chi connectivity index (χ0v) is 14.3. The summed E-state index contributed by atoms with van der Waals surface area (Å²) in [5, 5.41) is 7.08. The number of aromatic amines is 1. The van der Waals surface area contributed by atoms with Crippen molar-refractivity contribution in [2.45, 2.75) is 19.6 Å². The summed E-state index contributed by atoms with van der Waals surface area (Å²) in [6.07, 6.45) is 1.57. The Morgan fingerprint density at radius 1 is 1.17 bits per heavy atom. The molecule has 0 bridgehead atoms. The molecule has 0 unspecified atom stereocenters. The van der Waals surface area contributed by atoms with Gasteiger partial charge >= 0.3 is 0 Å². The zero-order valence-electron chi connectivity index (χ0n) is 13.5. The van der Waals surface area contributed by atoms with Gasteiger partial charge in [0.1, 0.15) is 5.75 Å². The van der Waals surface area contributed by atoms with E-state index in [1.807, 2.05) is 41.8 Å². The topological polar surface area (TPSA) is 42.8 Å². The van der Waals surface area contributed by atoms with Gasteiger partial charge in [-0.15, -0.1) is 6.58 Å². The summed E-state index contributed by atoms with van der Waals surface area (Å²) in [4.78, 5) is 0. The predicted molar refractivity (Wildman–Crippen MR) is 98.5 cm³/mol. The van der Waals surface area contributed by atoms with Crippen molar-refractivity contribution in [3.8, 4) is 16.9 Å². The minimum Gasteiger partial charge on any atom is -0.483 e. The monoisotopic (exact) mass is 337 g/mol. The molecule has 5 heteroatoms. The van der Waals surface area contributed by atoms with Gasteiger partial charge in [-0.25, -0.2) is 0 Å². The molecule has 3 aromatic rings. The van der Waals surface area contributed by atoms with Gasteiger partial charge in [0, 0.05) is 6.54 Å². The molecule has 4 nitrogen and oxygen atoms in total. The highest BCUT2D eigenvalue weighted by atomic mass is 32.1. The van der Waals surface area contributed by atoms with Gasteiger partial charge in [-0.1, -0.05) is 48.5 Å². The number of nitrogens with one attached hydrogen (secondary N) is 1. The van der Waals surface area contributed by atoms with Gasteiger partial charge in [0.2, 0.25) is 0 Å². The van der Waals surface area contributed by atoms with E-state index >= 15 is 0 Å². The van der Waals surface area contributed by atoms with Crippen LogP contribution in [0.4, 0.5) is 0 Å². The quantitative estimate of drug-likeness (QED) is 0.512. The minimum absolute atomic E-state index is 0.222. The molecule has 0 fully saturated rings. The minimum atomic E-state index is -0.222. The van der Waals surface area contributed by atoms with E-state index in [0.29, 0.717) is 11.3 Å². The molecule has 122 valence electrons. The Morgan fingerprint density at radius 2 is 1.83 bits per heavy atom. The average molecular weight is 337 g/mol. The van der Waals surface area contributed by atoms with Gasteiger partial charge in [0.25, 0.3) is 0 Å². The van der Waals surface area contributed by atoms with Crippen LogP contribution in [0.3, 0.4) is 0 Å². The van der Waals surface area contributed by atoms with E-state index in [2.05, 4.69) is 41.0 Å². The van der Waals surface area contributed by atoms with Crippen molar-refractivity contribution in [3.05, 3.63) is 77.8 Å². The molecule has 1 aromatic heterocycles. The first-order valence-electron chi connectivity index (χ1n) is 7.77. The van der Waals surface area contributed by atoms with Crippen molar-refractivity contribution in [2.24, 2.45) is 0 Å². The molecule has 0 radical (unpaired) electrons. The number of allylic oxidation sites excluding steroid dienone is 1. The number of ether oxygens (including phenoxy) is 1. The van der Waals surface area contributed by atoms with Crippen LogP contribution in [0.15, 0.2) is 67.3 Å². The highest BCUT2D eigenvalue weighted by Gasteiger charge is 2.15. The third kappa shape index (κ3) is 3.46. The van der Waals surface area contributed by atoms with E-state index in [-0.39, 0.29) is 6.10 Å². The smallest absolute Gasteiger partial charge is 0.195 e. The highest BCUT2D eigenvalue weighted by Crippen LogP contribution is 2.25. The van der Waals surface area contributed by atoms with Crippen LogP contribution in [0.2, 0.25) is 0 Å². The Kier molecular flexibility index (Phi) is 4.91. The fourth-order valence-corrected chi connectivity index (χ4v) is 2.77. The van der Waals surface area contributed by atoms with Crippen molar-refractivity contribution in [1.29, 1.82) is 0 Å². The van der Waals surface area contributed by atoms with Crippen molar-refractivity contribution >= 4 is 12.2 Å².